The number of hydrogen-bond acceptors (Lipinski definition) is 3. The quantitative estimate of drug-likeness (QED) is 0.497. The van der Waals surface area contributed by atoms with Crippen LogP contribution in [0.3, 0.4) is 0 Å². The summed E-state index contributed by atoms with van der Waals surface area (Å²) in [6.07, 6.45) is 0.135. The maximum Gasteiger partial charge on any atom is 0.324 e. The highest BCUT2D eigenvalue weighted by molar-refractivity contribution is 6.00. The van der Waals surface area contributed by atoms with Crippen LogP contribution in [0.4, 0.5) is 0 Å². The Kier molecular flexibility index (Phi) is 1.88. The first-order chi connectivity index (χ1) is 6.63. The predicted molar refractivity (Wildman–Crippen MR) is 49.5 cm³/mol. The second-order valence-corrected chi connectivity index (χ2v) is 3.64. The summed E-state index contributed by atoms with van der Waals surface area (Å²) >= 11 is 0. The Morgan fingerprint density at radius 3 is 2.36 bits per heavy atom. The lowest BCUT2D eigenvalue weighted by Crippen LogP contribution is -2.27. The standard InChI is InChI=1S/C11H10O3/c1-11(7-9(12)14-10(11)13)8-5-3-2-4-6-8/h2-6H,7H2,1H3/t11-/m1/s1. The fraction of sp³-hybridized carbons (Fsp3) is 0.273. The monoisotopic (exact) mass is 190 g/mol. The van der Waals surface area contributed by atoms with E-state index in [0.29, 0.717) is 0 Å². The Morgan fingerprint density at radius 2 is 1.86 bits per heavy atom. The van der Waals surface area contributed by atoms with E-state index in [1.165, 1.54) is 0 Å². The van der Waals surface area contributed by atoms with Crippen molar-refractivity contribution in [3.05, 3.63) is 35.9 Å². The third-order valence-electron chi connectivity index (χ3n) is 2.57. The maximum atomic E-state index is 11.5. The molecule has 72 valence electrons. The van der Waals surface area contributed by atoms with Gasteiger partial charge < -0.3 is 4.74 Å². The molecule has 1 heterocycles. The second-order valence-electron chi connectivity index (χ2n) is 3.64. The highest BCUT2D eigenvalue weighted by atomic mass is 16.6. The highest BCUT2D eigenvalue weighted by Gasteiger charge is 2.46. The van der Waals surface area contributed by atoms with Crippen LogP contribution in [0.2, 0.25) is 0 Å². The smallest absolute Gasteiger partial charge is 0.324 e. The number of rotatable bonds is 1. The summed E-state index contributed by atoms with van der Waals surface area (Å²) in [4.78, 5) is 22.5. The molecule has 3 heteroatoms. The molecule has 3 nitrogen and oxygen atoms in total. The van der Waals surface area contributed by atoms with Crippen molar-refractivity contribution in [1.82, 2.24) is 0 Å². The maximum absolute atomic E-state index is 11.5. The third kappa shape index (κ3) is 1.21. The topological polar surface area (TPSA) is 43.4 Å². The predicted octanol–water partition coefficient (Wildman–Crippen LogP) is 1.42. The van der Waals surface area contributed by atoms with Gasteiger partial charge in [-0.15, -0.1) is 0 Å². The van der Waals surface area contributed by atoms with Gasteiger partial charge in [-0.1, -0.05) is 30.3 Å². The van der Waals surface area contributed by atoms with E-state index in [-0.39, 0.29) is 6.42 Å². The van der Waals surface area contributed by atoms with Gasteiger partial charge in [-0.05, 0) is 12.5 Å². The lowest BCUT2D eigenvalue weighted by Gasteiger charge is -2.17. The molecule has 1 aliphatic heterocycles. The molecule has 1 atom stereocenters. The van der Waals surface area contributed by atoms with Crippen molar-refractivity contribution >= 4 is 11.9 Å². The van der Waals surface area contributed by atoms with E-state index >= 15 is 0 Å². The van der Waals surface area contributed by atoms with Crippen LogP contribution in [-0.2, 0) is 19.7 Å². The molecule has 1 aliphatic rings. The number of esters is 2. The molecule has 0 aromatic heterocycles. The number of carbonyl (C=O) groups excluding carboxylic acids is 2. The average molecular weight is 190 g/mol. The molecule has 0 amide bonds. The molecule has 0 spiro atoms. The van der Waals surface area contributed by atoms with E-state index in [9.17, 15) is 9.59 Å². The Bertz CT molecular complexity index is 383. The first kappa shape index (κ1) is 8.94. The summed E-state index contributed by atoms with van der Waals surface area (Å²) in [7, 11) is 0. The molecule has 0 aliphatic carbocycles. The zero-order chi connectivity index (χ0) is 10.2. The van der Waals surface area contributed by atoms with Crippen LogP contribution in [0.5, 0.6) is 0 Å². The summed E-state index contributed by atoms with van der Waals surface area (Å²) in [6, 6.07) is 9.22. The Hall–Kier alpha value is -1.64. The van der Waals surface area contributed by atoms with Gasteiger partial charge in [0.15, 0.2) is 0 Å². The van der Waals surface area contributed by atoms with E-state index in [0.717, 1.165) is 5.56 Å². The minimum atomic E-state index is -0.793. The van der Waals surface area contributed by atoms with Crippen molar-refractivity contribution in [3.63, 3.8) is 0 Å². The van der Waals surface area contributed by atoms with Crippen LogP contribution >= 0.6 is 0 Å². The molecule has 0 unspecified atom stereocenters. The highest BCUT2D eigenvalue weighted by Crippen LogP contribution is 2.34. The molecule has 2 rings (SSSR count). The fourth-order valence-electron chi connectivity index (χ4n) is 1.64. The SMILES string of the molecule is C[C@]1(c2ccccc2)CC(=O)OC1=O. The van der Waals surface area contributed by atoms with Crippen molar-refractivity contribution in [1.29, 1.82) is 0 Å². The number of carbonyl (C=O) groups is 2. The zero-order valence-electron chi connectivity index (χ0n) is 7.82. The second kappa shape index (κ2) is 2.94. The largest absolute Gasteiger partial charge is 0.392 e. The van der Waals surface area contributed by atoms with Gasteiger partial charge in [-0.25, -0.2) is 0 Å². The van der Waals surface area contributed by atoms with Gasteiger partial charge in [0.2, 0.25) is 0 Å². The normalized spacial score (nSPS) is 26.4. The van der Waals surface area contributed by atoms with E-state index in [1.54, 1.807) is 6.92 Å². The molecular weight excluding hydrogens is 180 g/mol. The number of benzene rings is 1. The van der Waals surface area contributed by atoms with Gasteiger partial charge in [0.05, 0.1) is 6.42 Å². The Balaban J connectivity index is 2.43. The van der Waals surface area contributed by atoms with E-state index in [2.05, 4.69) is 4.74 Å². The van der Waals surface area contributed by atoms with E-state index in [1.807, 2.05) is 30.3 Å². The molecule has 0 bridgehead atoms. The van der Waals surface area contributed by atoms with Crippen molar-refractivity contribution in [2.24, 2.45) is 0 Å². The molecule has 0 N–H and O–H groups in total. The summed E-state index contributed by atoms with van der Waals surface area (Å²) in [5.41, 5.74) is 0.0362. The van der Waals surface area contributed by atoms with Crippen LogP contribution in [-0.4, -0.2) is 11.9 Å². The molecule has 0 radical (unpaired) electrons. The molecule has 14 heavy (non-hydrogen) atoms. The minimum absolute atomic E-state index is 0.135. The van der Waals surface area contributed by atoms with Gasteiger partial charge >= 0.3 is 11.9 Å². The van der Waals surface area contributed by atoms with Gasteiger partial charge in [-0.3, -0.25) is 9.59 Å². The van der Waals surface area contributed by atoms with Crippen molar-refractivity contribution in [2.45, 2.75) is 18.8 Å². The van der Waals surface area contributed by atoms with Crippen LogP contribution in [0.25, 0.3) is 0 Å². The Morgan fingerprint density at radius 1 is 1.21 bits per heavy atom. The van der Waals surface area contributed by atoms with Crippen LogP contribution < -0.4 is 0 Å². The van der Waals surface area contributed by atoms with Crippen LogP contribution in [0, 0.1) is 0 Å². The molecule has 0 saturated carbocycles. The van der Waals surface area contributed by atoms with Crippen LogP contribution in [0.15, 0.2) is 30.3 Å². The van der Waals surface area contributed by atoms with Gasteiger partial charge in [-0.2, -0.15) is 0 Å². The van der Waals surface area contributed by atoms with Crippen LogP contribution in [0.1, 0.15) is 18.9 Å². The summed E-state index contributed by atoms with van der Waals surface area (Å²) < 4.78 is 4.55. The zero-order valence-corrected chi connectivity index (χ0v) is 7.82. The Labute approximate surface area is 81.7 Å². The average Bonchev–Trinajstić information content (AvgIpc) is 2.43. The number of cyclic esters (lactones) is 2. The number of ether oxygens (including phenoxy) is 1. The van der Waals surface area contributed by atoms with Gasteiger partial charge in [0.1, 0.15) is 5.41 Å². The van der Waals surface area contributed by atoms with Crippen molar-refractivity contribution in [3.8, 4) is 0 Å². The summed E-state index contributed by atoms with van der Waals surface area (Å²) in [6.45, 7) is 1.73. The summed E-state index contributed by atoms with van der Waals surface area (Å²) in [5, 5.41) is 0. The molecule has 1 saturated heterocycles. The molecule has 1 aromatic rings. The lowest BCUT2D eigenvalue weighted by atomic mass is 9.81. The lowest BCUT2D eigenvalue weighted by molar-refractivity contribution is -0.153. The first-order valence-corrected chi connectivity index (χ1v) is 4.43. The fourth-order valence-corrected chi connectivity index (χ4v) is 1.64. The molecule has 1 fully saturated rings. The third-order valence-corrected chi connectivity index (χ3v) is 2.57. The van der Waals surface area contributed by atoms with E-state index in [4.69, 9.17) is 0 Å². The van der Waals surface area contributed by atoms with Crippen molar-refractivity contribution < 1.29 is 14.3 Å². The van der Waals surface area contributed by atoms with Gasteiger partial charge in [0.25, 0.3) is 0 Å². The first-order valence-electron chi connectivity index (χ1n) is 4.43. The summed E-state index contributed by atoms with van der Waals surface area (Å²) in [5.74, 6) is -0.893. The van der Waals surface area contributed by atoms with E-state index < -0.39 is 17.4 Å². The number of hydrogen-bond donors (Lipinski definition) is 0. The minimum Gasteiger partial charge on any atom is -0.392 e. The van der Waals surface area contributed by atoms with Gasteiger partial charge in [0, 0.05) is 0 Å². The molecule has 1 aromatic carbocycles. The van der Waals surface area contributed by atoms with Crippen molar-refractivity contribution in [2.75, 3.05) is 0 Å². The molecular formula is C11H10O3.